The number of nitrogens with zero attached hydrogens (tertiary/aromatic N) is 1. The van der Waals surface area contributed by atoms with Crippen molar-refractivity contribution < 1.29 is 23.9 Å². The number of hydrazine groups is 1. The van der Waals surface area contributed by atoms with Crippen LogP contribution in [0.2, 0.25) is 0 Å². The molecule has 0 aromatic heterocycles. The van der Waals surface area contributed by atoms with Gasteiger partial charge in [0.05, 0.1) is 30.4 Å². The number of nitro groups is 1. The molecule has 0 atom stereocenters. The number of carbonyl (C=O) groups excluding carboxylic acids is 1. The Hall–Kier alpha value is -3.60. The summed E-state index contributed by atoms with van der Waals surface area (Å²) < 4.78 is 16.8. The fourth-order valence-corrected chi connectivity index (χ4v) is 2.67. The van der Waals surface area contributed by atoms with Gasteiger partial charge < -0.3 is 14.2 Å². The van der Waals surface area contributed by atoms with E-state index in [0.717, 1.165) is 0 Å². The number of benzene rings is 2. The molecule has 3 N–H and O–H groups in total. The van der Waals surface area contributed by atoms with E-state index in [1.54, 1.807) is 12.1 Å². The van der Waals surface area contributed by atoms with Gasteiger partial charge in [0.15, 0.2) is 16.6 Å². The minimum Gasteiger partial charge on any atom is -0.490 e. The highest BCUT2D eigenvalue weighted by atomic mass is 32.1. The molecule has 0 bridgehead atoms. The number of ether oxygens (including phenoxy) is 3. The molecule has 0 radical (unpaired) electrons. The zero-order valence-electron chi connectivity index (χ0n) is 17.4. The number of nitrogens with one attached hydrogen (secondary N) is 3. The number of carbonyl (C=O) groups is 1. The third-order valence-corrected chi connectivity index (χ3v) is 4.00. The second-order valence-corrected chi connectivity index (χ2v) is 6.35. The van der Waals surface area contributed by atoms with Crippen LogP contribution in [0.25, 0.3) is 0 Å². The number of nitro benzene ring substituents is 1. The first-order valence-electron chi connectivity index (χ1n) is 9.57. The summed E-state index contributed by atoms with van der Waals surface area (Å²) in [5.74, 6) is 0.739. The van der Waals surface area contributed by atoms with Gasteiger partial charge in [-0.3, -0.25) is 31.1 Å². The number of rotatable bonds is 10. The maximum atomic E-state index is 12.7. The molecule has 31 heavy (non-hydrogen) atoms. The smallest absolute Gasteiger partial charge is 0.269 e. The molecule has 11 heteroatoms. The summed E-state index contributed by atoms with van der Waals surface area (Å²) >= 11 is 5.13. The topological polar surface area (TPSA) is 124 Å². The van der Waals surface area contributed by atoms with E-state index in [1.165, 1.54) is 24.3 Å². The van der Waals surface area contributed by atoms with E-state index in [0.29, 0.717) is 42.8 Å². The molecule has 0 saturated carbocycles. The number of thiocarbonyl (C=S) groups is 1. The third kappa shape index (κ3) is 6.71. The van der Waals surface area contributed by atoms with Crippen LogP contribution < -0.4 is 30.4 Å². The largest absolute Gasteiger partial charge is 0.490 e. The molecular formula is C20H24N4O6S. The van der Waals surface area contributed by atoms with Gasteiger partial charge in [-0.05, 0) is 57.3 Å². The Labute approximate surface area is 185 Å². The fraction of sp³-hybridized carbons (Fsp3) is 0.300. The SMILES string of the molecule is CCOc1cc(C(=O)NC(=S)NNc2ccc([N+](=O)[O-])cc2)cc(OCC)c1OCC. The minimum atomic E-state index is -0.494. The number of hydrogen-bond acceptors (Lipinski definition) is 8. The van der Waals surface area contributed by atoms with Gasteiger partial charge in [-0.15, -0.1) is 0 Å². The first-order chi connectivity index (χ1) is 14.9. The van der Waals surface area contributed by atoms with Crippen LogP contribution in [0.3, 0.4) is 0 Å². The van der Waals surface area contributed by atoms with Gasteiger partial charge in [-0.2, -0.15) is 0 Å². The van der Waals surface area contributed by atoms with Crippen LogP contribution in [0.1, 0.15) is 31.1 Å². The molecule has 0 aliphatic rings. The molecule has 0 fully saturated rings. The zero-order valence-corrected chi connectivity index (χ0v) is 18.2. The van der Waals surface area contributed by atoms with Crippen molar-refractivity contribution in [1.29, 1.82) is 0 Å². The number of hydrogen-bond donors (Lipinski definition) is 3. The van der Waals surface area contributed by atoms with Crippen LogP contribution in [0.5, 0.6) is 17.2 Å². The summed E-state index contributed by atoms with van der Waals surface area (Å²) in [5.41, 5.74) is 6.18. The molecule has 2 aromatic rings. The Morgan fingerprint density at radius 1 is 1.00 bits per heavy atom. The highest BCUT2D eigenvalue weighted by Gasteiger charge is 2.19. The molecule has 166 valence electrons. The van der Waals surface area contributed by atoms with Crippen LogP contribution in [-0.2, 0) is 0 Å². The molecule has 0 aliphatic heterocycles. The highest BCUT2D eigenvalue weighted by molar-refractivity contribution is 7.80. The quantitative estimate of drug-likeness (QED) is 0.285. The van der Waals surface area contributed by atoms with Crippen LogP contribution in [0.4, 0.5) is 11.4 Å². The molecule has 1 amide bonds. The third-order valence-electron chi connectivity index (χ3n) is 3.80. The fourth-order valence-electron chi connectivity index (χ4n) is 2.52. The summed E-state index contributed by atoms with van der Waals surface area (Å²) in [6.45, 7) is 6.67. The van der Waals surface area contributed by atoms with Crippen molar-refractivity contribution in [1.82, 2.24) is 10.7 Å². The second kappa shape index (κ2) is 11.6. The van der Waals surface area contributed by atoms with Gasteiger partial charge in [-0.25, -0.2) is 0 Å². The van der Waals surface area contributed by atoms with Crippen LogP contribution in [-0.4, -0.2) is 35.8 Å². The van der Waals surface area contributed by atoms with Crippen LogP contribution in [0.15, 0.2) is 36.4 Å². The predicted octanol–water partition coefficient (Wildman–Crippen LogP) is 3.42. The Balaban J connectivity index is 2.08. The lowest BCUT2D eigenvalue weighted by molar-refractivity contribution is -0.384. The summed E-state index contributed by atoms with van der Waals surface area (Å²) in [5, 5.41) is 13.2. The van der Waals surface area contributed by atoms with Crippen molar-refractivity contribution in [2.75, 3.05) is 25.2 Å². The van der Waals surface area contributed by atoms with Gasteiger partial charge in [-0.1, -0.05) is 0 Å². The lowest BCUT2D eigenvalue weighted by Gasteiger charge is -2.17. The van der Waals surface area contributed by atoms with Gasteiger partial charge in [0.2, 0.25) is 5.75 Å². The molecule has 2 aromatic carbocycles. The Morgan fingerprint density at radius 3 is 2.03 bits per heavy atom. The van der Waals surface area contributed by atoms with Crippen molar-refractivity contribution in [3.8, 4) is 17.2 Å². The second-order valence-electron chi connectivity index (χ2n) is 5.94. The molecule has 0 aliphatic carbocycles. The van der Waals surface area contributed by atoms with E-state index in [4.69, 9.17) is 26.4 Å². The predicted molar refractivity (Wildman–Crippen MR) is 120 cm³/mol. The Bertz CT molecular complexity index is 909. The minimum absolute atomic E-state index is 0.00755. The molecule has 2 rings (SSSR count). The summed E-state index contributed by atoms with van der Waals surface area (Å²) in [6, 6.07) is 8.80. The lowest BCUT2D eigenvalue weighted by Crippen LogP contribution is -2.42. The lowest BCUT2D eigenvalue weighted by atomic mass is 10.1. The number of non-ortho nitro benzene ring substituents is 1. The van der Waals surface area contributed by atoms with Gasteiger partial charge in [0, 0.05) is 17.7 Å². The van der Waals surface area contributed by atoms with E-state index in [2.05, 4.69) is 16.2 Å². The number of amides is 1. The van der Waals surface area contributed by atoms with Gasteiger partial charge in [0.1, 0.15) is 0 Å². The van der Waals surface area contributed by atoms with Crippen LogP contribution in [0, 0.1) is 10.1 Å². The average Bonchev–Trinajstić information content (AvgIpc) is 2.75. The average molecular weight is 449 g/mol. The molecular weight excluding hydrogens is 424 g/mol. The van der Waals surface area contributed by atoms with Gasteiger partial charge in [0.25, 0.3) is 11.6 Å². The molecule has 0 saturated heterocycles. The van der Waals surface area contributed by atoms with E-state index in [1.807, 2.05) is 20.8 Å². The molecule has 0 unspecified atom stereocenters. The van der Waals surface area contributed by atoms with E-state index >= 15 is 0 Å². The van der Waals surface area contributed by atoms with Crippen molar-refractivity contribution in [2.24, 2.45) is 0 Å². The normalized spacial score (nSPS) is 10.0. The molecule has 0 spiro atoms. The highest BCUT2D eigenvalue weighted by Crippen LogP contribution is 2.39. The first kappa shape index (κ1) is 23.7. The standard InChI is InChI=1S/C20H24N4O6S/c1-4-28-16-11-13(12-17(29-5-2)18(16)30-6-3)19(25)21-20(31)23-22-14-7-9-15(10-8-14)24(26)27/h7-12,22H,4-6H2,1-3H3,(H2,21,23,25,31). The van der Waals surface area contributed by atoms with E-state index in [9.17, 15) is 14.9 Å². The van der Waals surface area contributed by atoms with Crippen molar-refractivity contribution in [2.45, 2.75) is 20.8 Å². The summed E-state index contributed by atoms with van der Waals surface area (Å²) in [7, 11) is 0. The van der Waals surface area contributed by atoms with Gasteiger partial charge >= 0.3 is 0 Å². The Kier molecular flexibility index (Phi) is 8.82. The Morgan fingerprint density at radius 2 is 1.55 bits per heavy atom. The van der Waals surface area contributed by atoms with Crippen molar-refractivity contribution in [3.63, 3.8) is 0 Å². The van der Waals surface area contributed by atoms with E-state index in [-0.39, 0.29) is 16.4 Å². The maximum Gasteiger partial charge on any atom is 0.269 e. The molecule has 0 heterocycles. The zero-order chi connectivity index (χ0) is 22.8. The summed E-state index contributed by atoms with van der Waals surface area (Å²) in [4.78, 5) is 22.9. The first-order valence-corrected chi connectivity index (χ1v) is 9.98. The number of anilines is 1. The van der Waals surface area contributed by atoms with Crippen molar-refractivity contribution in [3.05, 3.63) is 52.1 Å². The van der Waals surface area contributed by atoms with Crippen LogP contribution >= 0.6 is 12.2 Å². The summed E-state index contributed by atoms with van der Waals surface area (Å²) in [6.07, 6.45) is 0. The molecule has 10 nitrogen and oxygen atoms in total. The monoisotopic (exact) mass is 448 g/mol. The van der Waals surface area contributed by atoms with Crippen molar-refractivity contribution >= 4 is 34.6 Å². The maximum absolute atomic E-state index is 12.7. The van der Waals surface area contributed by atoms with E-state index < -0.39 is 10.8 Å².